The van der Waals surface area contributed by atoms with E-state index < -0.39 is 23.7 Å². The van der Waals surface area contributed by atoms with E-state index >= 15 is 0 Å². The monoisotopic (exact) mass is 699 g/mol. The van der Waals surface area contributed by atoms with Gasteiger partial charge in [-0.05, 0) is 109 Å². The van der Waals surface area contributed by atoms with Gasteiger partial charge in [0.05, 0.1) is 32.1 Å². The van der Waals surface area contributed by atoms with Crippen molar-refractivity contribution in [2.45, 2.75) is 159 Å². The number of benzene rings is 2. The highest BCUT2D eigenvalue weighted by atomic mass is 32.2. The summed E-state index contributed by atoms with van der Waals surface area (Å²) in [5.41, 5.74) is 5.79. The van der Waals surface area contributed by atoms with Crippen molar-refractivity contribution in [1.82, 2.24) is 4.31 Å². The second kappa shape index (κ2) is 15.7. The molecular formula is C41H66NO4PS. The molecule has 0 heterocycles. The Morgan fingerprint density at radius 1 is 0.688 bits per heavy atom. The van der Waals surface area contributed by atoms with Crippen LogP contribution in [0.4, 0.5) is 0 Å². The van der Waals surface area contributed by atoms with Gasteiger partial charge in [-0.15, -0.1) is 0 Å². The number of hydrogen-bond donors (Lipinski definition) is 0. The first-order valence-corrected chi connectivity index (χ1v) is 20.9. The van der Waals surface area contributed by atoms with Crippen molar-refractivity contribution in [2.75, 3.05) is 28.4 Å². The van der Waals surface area contributed by atoms with E-state index in [2.05, 4.69) is 97.9 Å². The molecule has 2 aromatic rings. The summed E-state index contributed by atoms with van der Waals surface area (Å²) in [6.45, 7) is 19.8. The van der Waals surface area contributed by atoms with Crippen LogP contribution in [0.3, 0.4) is 0 Å². The molecule has 2 atom stereocenters. The lowest BCUT2D eigenvalue weighted by Crippen LogP contribution is -2.40. The molecule has 270 valence electrons. The molecule has 0 aromatic heterocycles. The fourth-order valence-electron chi connectivity index (χ4n) is 7.99. The first-order chi connectivity index (χ1) is 22.4. The van der Waals surface area contributed by atoms with E-state index in [-0.39, 0.29) is 16.9 Å². The van der Waals surface area contributed by atoms with Gasteiger partial charge in [0.25, 0.3) is 0 Å². The summed E-state index contributed by atoms with van der Waals surface area (Å²) < 4.78 is 34.6. The van der Waals surface area contributed by atoms with Crippen molar-refractivity contribution in [3.8, 4) is 17.2 Å². The summed E-state index contributed by atoms with van der Waals surface area (Å²) in [6.07, 6.45) is 13.2. The minimum Gasteiger partial charge on any atom is -0.496 e. The largest absolute Gasteiger partial charge is 0.496 e. The molecule has 2 fully saturated rings. The van der Waals surface area contributed by atoms with E-state index in [1.54, 1.807) is 21.3 Å². The first-order valence-electron chi connectivity index (χ1n) is 18.4. The van der Waals surface area contributed by atoms with Gasteiger partial charge in [0.1, 0.15) is 16.7 Å². The molecule has 0 saturated heterocycles. The topological polar surface area (TPSA) is 48.0 Å². The van der Waals surface area contributed by atoms with E-state index in [0.717, 1.165) is 22.8 Å². The van der Waals surface area contributed by atoms with Crippen molar-refractivity contribution in [1.29, 1.82) is 0 Å². The molecule has 4 rings (SSSR count). The van der Waals surface area contributed by atoms with Crippen LogP contribution in [0, 0.1) is 0 Å². The van der Waals surface area contributed by atoms with Gasteiger partial charge in [-0.3, -0.25) is 0 Å². The Labute approximate surface area is 297 Å². The second-order valence-corrected chi connectivity index (χ2v) is 22.3. The molecule has 0 N–H and O–H groups in total. The van der Waals surface area contributed by atoms with Crippen LogP contribution in [0.15, 0.2) is 24.3 Å². The fourth-order valence-corrected chi connectivity index (χ4v) is 13.3. The Hall–Kier alpha value is -1.62. The van der Waals surface area contributed by atoms with Crippen molar-refractivity contribution in [2.24, 2.45) is 0 Å². The highest BCUT2D eigenvalue weighted by Crippen LogP contribution is 2.57. The van der Waals surface area contributed by atoms with Gasteiger partial charge in [-0.25, -0.2) is 8.51 Å². The van der Waals surface area contributed by atoms with E-state index in [0.29, 0.717) is 11.3 Å². The lowest BCUT2D eigenvalue weighted by Gasteiger charge is -2.42. The third-order valence-electron chi connectivity index (χ3n) is 10.4. The van der Waals surface area contributed by atoms with E-state index in [1.807, 2.05) is 0 Å². The molecule has 2 aliphatic carbocycles. The zero-order valence-electron chi connectivity index (χ0n) is 32.5. The van der Waals surface area contributed by atoms with Gasteiger partial charge >= 0.3 is 0 Å². The average Bonchev–Trinajstić information content (AvgIpc) is 3.04. The smallest absolute Gasteiger partial charge is 0.161 e. The molecule has 0 spiro atoms. The summed E-state index contributed by atoms with van der Waals surface area (Å²) >= 11 is 0. The van der Waals surface area contributed by atoms with Crippen molar-refractivity contribution in [3.63, 3.8) is 0 Å². The molecule has 7 heteroatoms. The molecule has 0 unspecified atom stereocenters. The highest BCUT2D eigenvalue weighted by Gasteiger charge is 2.40. The van der Waals surface area contributed by atoms with E-state index in [9.17, 15) is 4.21 Å². The number of rotatable bonds is 10. The number of hydrogen-bond acceptors (Lipinski definition) is 4. The van der Waals surface area contributed by atoms with Crippen molar-refractivity contribution < 1.29 is 18.4 Å². The normalized spacial score (nSPS) is 18.6. The van der Waals surface area contributed by atoms with Gasteiger partial charge in [0, 0.05) is 18.2 Å². The zero-order chi connectivity index (χ0) is 35.6. The van der Waals surface area contributed by atoms with Crippen LogP contribution >= 0.6 is 7.92 Å². The maximum absolute atomic E-state index is 14.6. The zero-order valence-corrected chi connectivity index (χ0v) is 34.3. The minimum atomic E-state index is -1.29. The van der Waals surface area contributed by atoms with Crippen LogP contribution in [-0.2, 0) is 21.8 Å². The Balaban J connectivity index is 2.14. The molecule has 2 aliphatic rings. The van der Waals surface area contributed by atoms with E-state index in [1.165, 1.54) is 86.2 Å². The Bertz CT molecular complexity index is 1350. The highest BCUT2D eigenvalue weighted by molar-refractivity contribution is 7.84. The molecule has 0 aliphatic heterocycles. The van der Waals surface area contributed by atoms with Crippen LogP contribution in [0.25, 0.3) is 0 Å². The number of methoxy groups -OCH3 is 3. The maximum atomic E-state index is 14.6. The lowest BCUT2D eigenvalue weighted by molar-refractivity contribution is 0.353. The van der Waals surface area contributed by atoms with Crippen molar-refractivity contribution in [3.05, 3.63) is 46.5 Å². The number of nitrogens with zero attached hydrogens (tertiary/aromatic N) is 1. The molecular weight excluding hydrogens is 633 g/mol. The first kappa shape index (κ1) is 39.2. The Morgan fingerprint density at radius 3 is 1.50 bits per heavy atom. The summed E-state index contributed by atoms with van der Waals surface area (Å²) in [5.74, 6) is 2.49. The lowest BCUT2D eigenvalue weighted by atomic mass is 9.77. The van der Waals surface area contributed by atoms with Gasteiger partial charge in [0.15, 0.2) is 11.5 Å². The minimum absolute atomic E-state index is 0.162. The van der Waals surface area contributed by atoms with Crippen LogP contribution in [0.5, 0.6) is 17.2 Å². The van der Waals surface area contributed by atoms with Crippen LogP contribution in [0.2, 0.25) is 0 Å². The van der Waals surface area contributed by atoms with Crippen LogP contribution in [-0.4, -0.2) is 53.0 Å². The molecule has 5 nitrogen and oxygen atoms in total. The third-order valence-corrected chi connectivity index (χ3v) is 15.8. The SMILES string of the molecule is COc1cc([C@H](c2cc(C(C)(C)C)c(OC)c(C(C)(C)C)c2)N(C)[S@](=O)C(C)(C)C)c(P(C2CCCCC2)C2CCCCC2)cc1OC. The summed E-state index contributed by atoms with van der Waals surface area (Å²) in [5, 5.41) is 1.43. The van der Waals surface area contributed by atoms with Gasteiger partial charge in [0.2, 0.25) is 0 Å². The predicted octanol–water partition coefficient (Wildman–Crippen LogP) is 10.6. The molecule has 2 aromatic carbocycles. The fraction of sp³-hybridized carbons (Fsp3) is 0.707. The van der Waals surface area contributed by atoms with E-state index in [4.69, 9.17) is 14.2 Å². The predicted molar refractivity (Wildman–Crippen MR) is 208 cm³/mol. The van der Waals surface area contributed by atoms with Gasteiger partial charge < -0.3 is 14.2 Å². The van der Waals surface area contributed by atoms with Crippen LogP contribution in [0.1, 0.15) is 155 Å². The summed E-state index contributed by atoms with van der Waals surface area (Å²) in [6, 6.07) is 9.01. The molecule has 0 radical (unpaired) electrons. The summed E-state index contributed by atoms with van der Waals surface area (Å²) in [7, 11) is 5.57. The maximum Gasteiger partial charge on any atom is 0.161 e. The van der Waals surface area contributed by atoms with Crippen molar-refractivity contribution >= 4 is 24.2 Å². The Morgan fingerprint density at radius 2 is 1.12 bits per heavy atom. The summed E-state index contributed by atoms with van der Waals surface area (Å²) in [4.78, 5) is 0. The van der Waals surface area contributed by atoms with Gasteiger partial charge in [-0.2, -0.15) is 0 Å². The third kappa shape index (κ3) is 8.63. The average molecular weight is 700 g/mol. The van der Waals surface area contributed by atoms with Crippen LogP contribution < -0.4 is 19.5 Å². The molecule has 2 saturated carbocycles. The Kier molecular flexibility index (Phi) is 12.8. The van der Waals surface area contributed by atoms with Gasteiger partial charge in [-0.1, -0.05) is 88.0 Å². The standard InChI is InChI=1S/C41H66NO4PS/c1-39(2,3)32-24-28(25-33(38(32)46-13)40(4,5)6)37(42(10)48(43)41(7,8)9)31-26-34(44-11)35(45-12)27-36(31)47(29-20-16-14-17-21-29)30-22-18-15-19-23-30/h24-27,29-30,37H,14-23H2,1-13H3/t37-,48+/m0/s1. The second-order valence-electron chi connectivity index (χ2n) is 17.2. The molecule has 0 amide bonds. The number of ether oxygens (including phenoxy) is 3. The quantitative estimate of drug-likeness (QED) is 0.232. The molecule has 48 heavy (non-hydrogen) atoms. The molecule has 0 bridgehead atoms.